The van der Waals surface area contributed by atoms with Crippen LogP contribution in [0.1, 0.15) is 6.92 Å². The van der Waals surface area contributed by atoms with Gasteiger partial charge in [-0.2, -0.15) is 13.2 Å². The molecule has 0 fully saturated rings. The smallest absolute Gasteiger partial charge is 0.228 e. The Kier molecular flexibility index (Phi) is 2.77. The molecular formula is C4H5F5S2. The average molecular weight is 212 g/mol. The first kappa shape index (κ1) is 11.4. The Morgan fingerprint density at radius 2 is 1.18 bits per heavy atom. The minimum Gasteiger partial charge on any atom is -0.228 e. The van der Waals surface area contributed by atoms with E-state index in [2.05, 4.69) is 25.3 Å². The summed E-state index contributed by atoms with van der Waals surface area (Å²) in [5.41, 5.74) is 0. The maximum absolute atomic E-state index is 12.4. The highest BCUT2D eigenvalue weighted by Gasteiger charge is 2.64. The van der Waals surface area contributed by atoms with E-state index in [0.29, 0.717) is 6.92 Å². The van der Waals surface area contributed by atoms with E-state index in [1.807, 2.05) is 0 Å². The number of halogens is 5. The zero-order valence-electron chi connectivity index (χ0n) is 5.28. The van der Waals surface area contributed by atoms with Crippen LogP contribution < -0.4 is 0 Å². The van der Waals surface area contributed by atoms with E-state index in [0.717, 1.165) is 0 Å². The normalized spacial score (nSPS) is 24.0. The molecule has 0 heterocycles. The van der Waals surface area contributed by atoms with E-state index in [-0.39, 0.29) is 0 Å². The summed E-state index contributed by atoms with van der Waals surface area (Å²) in [6, 6.07) is 0. The highest BCUT2D eigenvalue weighted by atomic mass is 32.1. The van der Waals surface area contributed by atoms with Gasteiger partial charge in [0.2, 0.25) is 5.00 Å². The van der Waals surface area contributed by atoms with E-state index in [9.17, 15) is 22.0 Å². The van der Waals surface area contributed by atoms with Gasteiger partial charge in [0.05, 0.1) is 0 Å². The molecule has 0 aromatic heterocycles. The lowest BCUT2D eigenvalue weighted by molar-refractivity contribution is -0.214. The topological polar surface area (TPSA) is 0 Å². The molecule has 0 N–H and O–H groups in total. The maximum atomic E-state index is 12.4. The van der Waals surface area contributed by atoms with Crippen molar-refractivity contribution in [1.29, 1.82) is 0 Å². The molecule has 0 aliphatic rings. The molecule has 68 valence electrons. The molecule has 0 saturated carbocycles. The second-order valence-corrected chi connectivity index (χ2v) is 3.53. The average Bonchev–Trinajstić information content (AvgIpc) is 1.58. The summed E-state index contributed by atoms with van der Waals surface area (Å²) in [6.45, 7) is 0.344. The van der Waals surface area contributed by atoms with Gasteiger partial charge in [0.1, 0.15) is 0 Å². The minimum absolute atomic E-state index is 0.344. The Morgan fingerprint density at radius 1 is 0.909 bits per heavy atom. The van der Waals surface area contributed by atoms with Gasteiger partial charge in [-0.3, -0.25) is 0 Å². The molecule has 0 bridgehead atoms. The van der Waals surface area contributed by atoms with Crippen LogP contribution in [0.15, 0.2) is 0 Å². The van der Waals surface area contributed by atoms with E-state index < -0.39 is 16.2 Å². The standard InChI is InChI=1S/C4H5F5S2/c1-2(5,10)3(6,11)4(7,8)9/h10-11H,1H3. The molecule has 0 spiro atoms. The largest absolute Gasteiger partial charge is 0.436 e. The van der Waals surface area contributed by atoms with Crippen LogP contribution in [-0.2, 0) is 0 Å². The number of thiol groups is 2. The van der Waals surface area contributed by atoms with Gasteiger partial charge in [-0.15, -0.1) is 25.3 Å². The summed E-state index contributed by atoms with van der Waals surface area (Å²) < 4.78 is 59.5. The van der Waals surface area contributed by atoms with E-state index in [4.69, 9.17) is 0 Å². The third-order valence-corrected chi connectivity index (χ3v) is 2.14. The first-order chi connectivity index (χ1) is 4.50. The summed E-state index contributed by atoms with van der Waals surface area (Å²) in [5.74, 6) is 0. The summed E-state index contributed by atoms with van der Waals surface area (Å²) >= 11 is 5.30. The van der Waals surface area contributed by atoms with Crippen molar-refractivity contribution in [2.24, 2.45) is 0 Å². The van der Waals surface area contributed by atoms with Crippen molar-refractivity contribution in [2.75, 3.05) is 0 Å². The molecule has 0 rings (SSSR count). The molecule has 0 radical (unpaired) electrons. The number of hydrogen-bond acceptors (Lipinski definition) is 2. The third-order valence-electron chi connectivity index (χ3n) is 0.980. The van der Waals surface area contributed by atoms with Crippen molar-refractivity contribution in [2.45, 2.75) is 23.1 Å². The zero-order chi connectivity index (χ0) is 9.50. The lowest BCUT2D eigenvalue weighted by Crippen LogP contribution is -2.48. The zero-order valence-corrected chi connectivity index (χ0v) is 7.07. The molecule has 2 atom stereocenters. The Morgan fingerprint density at radius 3 is 1.18 bits per heavy atom. The Bertz CT molecular complexity index is 128. The van der Waals surface area contributed by atoms with Gasteiger partial charge in [-0.05, 0) is 6.92 Å². The molecule has 2 unspecified atom stereocenters. The van der Waals surface area contributed by atoms with Crippen LogP contribution in [-0.4, -0.2) is 16.2 Å². The Balaban J connectivity index is 4.75. The molecule has 0 saturated heterocycles. The van der Waals surface area contributed by atoms with E-state index >= 15 is 0 Å². The molecule has 0 amide bonds. The predicted molar refractivity (Wildman–Crippen MR) is 37.4 cm³/mol. The van der Waals surface area contributed by atoms with Gasteiger partial charge in [0.25, 0.3) is 5.00 Å². The monoisotopic (exact) mass is 212 g/mol. The summed E-state index contributed by atoms with van der Waals surface area (Å²) in [5, 5.41) is -7.59. The fourth-order valence-electron chi connectivity index (χ4n) is 0.259. The van der Waals surface area contributed by atoms with Crippen LogP contribution in [0, 0.1) is 0 Å². The fraction of sp³-hybridized carbons (Fsp3) is 1.00. The van der Waals surface area contributed by atoms with Crippen LogP contribution in [0.5, 0.6) is 0 Å². The summed E-state index contributed by atoms with van der Waals surface area (Å²) in [6.07, 6.45) is -5.37. The summed E-state index contributed by atoms with van der Waals surface area (Å²) in [7, 11) is 0. The number of alkyl halides is 5. The first-order valence-corrected chi connectivity index (χ1v) is 3.29. The molecule has 0 aliphatic carbocycles. The second-order valence-electron chi connectivity index (χ2n) is 2.07. The van der Waals surface area contributed by atoms with Gasteiger partial charge >= 0.3 is 6.18 Å². The lowest BCUT2D eigenvalue weighted by atomic mass is 10.2. The molecule has 0 aliphatic heterocycles. The van der Waals surface area contributed by atoms with Crippen molar-refractivity contribution >= 4 is 25.3 Å². The van der Waals surface area contributed by atoms with Crippen molar-refractivity contribution < 1.29 is 22.0 Å². The first-order valence-electron chi connectivity index (χ1n) is 2.39. The van der Waals surface area contributed by atoms with Crippen LogP contribution >= 0.6 is 25.3 Å². The highest BCUT2D eigenvalue weighted by molar-refractivity contribution is 7.86. The number of hydrogen-bond donors (Lipinski definition) is 2. The van der Waals surface area contributed by atoms with E-state index in [1.54, 1.807) is 0 Å². The molecule has 0 aromatic carbocycles. The van der Waals surface area contributed by atoms with Crippen LogP contribution in [0.4, 0.5) is 22.0 Å². The van der Waals surface area contributed by atoms with Crippen molar-refractivity contribution in [3.63, 3.8) is 0 Å². The predicted octanol–water partition coefficient (Wildman–Crippen LogP) is 2.76. The van der Waals surface area contributed by atoms with Crippen LogP contribution in [0.2, 0.25) is 0 Å². The molecular weight excluding hydrogens is 207 g/mol. The Hall–Kier alpha value is 0.350. The van der Waals surface area contributed by atoms with Gasteiger partial charge in [-0.1, -0.05) is 0 Å². The Labute approximate surface area is 71.0 Å². The molecule has 0 aromatic rings. The van der Waals surface area contributed by atoms with Crippen molar-refractivity contribution in [1.82, 2.24) is 0 Å². The van der Waals surface area contributed by atoms with Crippen molar-refractivity contribution in [3.05, 3.63) is 0 Å². The fourth-order valence-corrected chi connectivity index (χ4v) is 0.385. The minimum atomic E-state index is -5.37. The van der Waals surface area contributed by atoms with Crippen LogP contribution in [0.25, 0.3) is 0 Å². The van der Waals surface area contributed by atoms with Gasteiger partial charge < -0.3 is 0 Å². The van der Waals surface area contributed by atoms with E-state index in [1.165, 1.54) is 0 Å². The lowest BCUT2D eigenvalue weighted by Gasteiger charge is -2.30. The SMILES string of the molecule is CC(F)(S)C(F)(S)C(F)(F)F. The quantitative estimate of drug-likeness (QED) is 0.484. The molecule has 7 heteroatoms. The maximum Gasteiger partial charge on any atom is 0.436 e. The number of rotatable bonds is 1. The van der Waals surface area contributed by atoms with Gasteiger partial charge in [0.15, 0.2) is 0 Å². The van der Waals surface area contributed by atoms with Gasteiger partial charge in [-0.25, -0.2) is 8.78 Å². The molecule has 11 heavy (non-hydrogen) atoms. The highest BCUT2D eigenvalue weighted by Crippen LogP contribution is 2.48. The van der Waals surface area contributed by atoms with Crippen molar-refractivity contribution in [3.8, 4) is 0 Å². The second kappa shape index (κ2) is 2.69. The molecule has 0 nitrogen and oxygen atoms in total. The third kappa shape index (κ3) is 2.14. The van der Waals surface area contributed by atoms with Gasteiger partial charge in [0, 0.05) is 0 Å². The summed E-state index contributed by atoms with van der Waals surface area (Å²) in [4.78, 5) is 0. The van der Waals surface area contributed by atoms with Crippen LogP contribution in [0.3, 0.4) is 0 Å².